The van der Waals surface area contributed by atoms with Gasteiger partial charge in [0.25, 0.3) is 5.91 Å². The zero-order chi connectivity index (χ0) is 22.5. The van der Waals surface area contributed by atoms with Gasteiger partial charge in [-0.2, -0.15) is 0 Å². The van der Waals surface area contributed by atoms with Crippen molar-refractivity contribution in [3.63, 3.8) is 0 Å². The maximum atomic E-state index is 13.0. The Morgan fingerprint density at radius 1 is 1.03 bits per heavy atom. The van der Waals surface area contributed by atoms with Crippen molar-refractivity contribution < 1.29 is 9.53 Å². The molecule has 4 nitrogen and oxygen atoms in total. The molecule has 2 aromatic carbocycles. The molecule has 2 heterocycles. The first-order valence-electron chi connectivity index (χ1n) is 11.5. The number of piperidine rings is 1. The number of aryl methyl sites for hydroxylation is 1. The summed E-state index contributed by atoms with van der Waals surface area (Å²) in [5, 5.41) is 4.19. The van der Waals surface area contributed by atoms with E-state index in [-0.39, 0.29) is 11.9 Å². The Balaban J connectivity index is 1.74. The first kappa shape index (κ1) is 22.6. The summed E-state index contributed by atoms with van der Waals surface area (Å²) in [4.78, 5) is 16.8. The molecule has 1 N–H and O–H groups in total. The number of hydrogen-bond donors (Lipinski definition) is 1. The first-order chi connectivity index (χ1) is 15.6. The molecule has 5 heteroatoms. The summed E-state index contributed by atoms with van der Waals surface area (Å²) in [7, 11) is 0. The Morgan fingerprint density at radius 3 is 2.38 bits per heavy atom. The van der Waals surface area contributed by atoms with E-state index >= 15 is 0 Å². The van der Waals surface area contributed by atoms with Gasteiger partial charge in [0, 0.05) is 16.0 Å². The van der Waals surface area contributed by atoms with Gasteiger partial charge in [0.1, 0.15) is 10.8 Å². The molecule has 0 bridgehead atoms. The van der Waals surface area contributed by atoms with Crippen LogP contribution in [0.5, 0.6) is 5.75 Å². The van der Waals surface area contributed by atoms with Crippen molar-refractivity contribution in [2.24, 2.45) is 0 Å². The maximum absolute atomic E-state index is 13.0. The van der Waals surface area contributed by atoms with E-state index in [1.54, 1.807) is 11.3 Å². The average molecular weight is 449 g/mol. The summed E-state index contributed by atoms with van der Waals surface area (Å²) in [6.07, 6.45) is 3.70. The van der Waals surface area contributed by atoms with Gasteiger partial charge >= 0.3 is 0 Å². The number of amides is 1. The molecule has 32 heavy (non-hydrogen) atoms. The largest absolute Gasteiger partial charge is 0.494 e. The minimum atomic E-state index is -0.0582. The molecule has 0 radical (unpaired) electrons. The monoisotopic (exact) mass is 448 g/mol. The van der Waals surface area contributed by atoms with Crippen LogP contribution in [-0.4, -0.2) is 30.5 Å². The predicted octanol–water partition coefficient (Wildman–Crippen LogP) is 6.59. The fraction of sp³-hybridized carbons (Fsp3) is 0.370. The van der Waals surface area contributed by atoms with Crippen LogP contribution < -0.4 is 10.1 Å². The van der Waals surface area contributed by atoms with Crippen molar-refractivity contribution in [1.82, 2.24) is 4.90 Å². The second-order valence-electron chi connectivity index (χ2n) is 8.35. The van der Waals surface area contributed by atoms with Crippen molar-refractivity contribution in [2.75, 3.05) is 25.0 Å². The van der Waals surface area contributed by atoms with Crippen molar-refractivity contribution in [1.29, 1.82) is 0 Å². The molecule has 0 aliphatic carbocycles. The van der Waals surface area contributed by atoms with Crippen LogP contribution in [0.4, 0.5) is 5.00 Å². The highest BCUT2D eigenvalue weighted by atomic mass is 32.1. The van der Waals surface area contributed by atoms with Crippen LogP contribution in [0, 0.1) is 13.8 Å². The van der Waals surface area contributed by atoms with E-state index in [1.165, 1.54) is 40.8 Å². The van der Waals surface area contributed by atoms with Crippen LogP contribution in [0.15, 0.2) is 54.6 Å². The van der Waals surface area contributed by atoms with Gasteiger partial charge in [-0.15, -0.1) is 11.3 Å². The van der Waals surface area contributed by atoms with Crippen molar-refractivity contribution in [2.45, 2.75) is 46.1 Å². The number of nitrogens with one attached hydrogen (secondary N) is 1. The summed E-state index contributed by atoms with van der Waals surface area (Å²) < 4.78 is 5.68. The van der Waals surface area contributed by atoms with Gasteiger partial charge in [-0.05, 0) is 82.1 Å². The molecule has 4 rings (SSSR count). The Labute approximate surface area is 195 Å². The fourth-order valence-corrected chi connectivity index (χ4v) is 5.57. The minimum absolute atomic E-state index is 0.0582. The second kappa shape index (κ2) is 10.3. The molecule has 0 unspecified atom stereocenters. The van der Waals surface area contributed by atoms with E-state index in [4.69, 9.17) is 4.74 Å². The van der Waals surface area contributed by atoms with Crippen LogP contribution in [0.25, 0.3) is 0 Å². The summed E-state index contributed by atoms with van der Waals surface area (Å²) in [5.41, 5.74) is 4.41. The Morgan fingerprint density at radius 2 is 1.72 bits per heavy atom. The van der Waals surface area contributed by atoms with E-state index in [0.29, 0.717) is 12.2 Å². The highest BCUT2D eigenvalue weighted by molar-refractivity contribution is 7.16. The highest BCUT2D eigenvalue weighted by Gasteiger charge is 2.30. The van der Waals surface area contributed by atoms with Gasteiger partial charge in [0.2, 0.25) is 0 Å². The lowest BCUT2D eigenvalue weighted by Gasteiger charge is -2.36. The molecule has 1 atom stereocenters. The van der Waals surface area contributed by atoms with Crippen LogP contribution in [0.3, 0.4) is 0 Å². The third-order valence-electron chi connectivity index (χ3n) is 6.23. The summed E-state index contributed by atoms with van der Waals surface area (Å²) in [6, 6.07) is 18.0. The van der Waals surface area contributed by atoms with E-state index in [1.807, 2.05) is 37.3 Å². The van der Waals surface area contributed by atoms with Gasteiger partial charge in [-0.1, -0.05) is 36.8 Å². The Kier molecular flexibility index (Phi) is 7.28. The number of anilines is 1. The molecule has 1 amide bonds. The first-order valence-corrected chi connectivity index (χ1v) is 12.3. The number of ether oxygens (including phenoxy) is 1. The summed E-state index contributed by atoms with van der Waals surface area (Å²) >= 11 is 1.68. The number of nitrogens with zero attached hydrogens (tertiary/aromatic N) is 1. The van der Waals surface area contributed by atoms with Crippen LogP contribution in [0.1, 0.15) is 64.2 Å². The molecule has 1 fully saturated rings. The highest BCUT2D eigenvalue weighted by Crippen LogP contribution is 2.43. The molecule has 1 saturated heterocycles. The summed E-state index contributed by atoms with van der Waals surface area (Å²) in [6.45, 7) is 9.13. The van der Waals surface area contributed by atoms with Crippen LogP contribution in [0.2, 0.25) is 0 Å². The van der Waals surface area contributed by atoms with Gasteiger partial charge < -0.3 is 10.1 Å². The Bertz CT molecular complexity index is 1040. The van der Waals surface area contributed by atoms with Crippen LogP contribution in [-0.2, 0) is 0 Å². The molecular formula is C27H32N2O2S. The molecule has 1 aliphatic heterocycles. The average Bonchev–Trinajstić information content (AvgIpc) is 3.09. The van der Waals surface area contributed by atoms with Crippen molar-refractivity contribution in [3.05, 3.63) is 81.7 Å². The fourth-order valence-electron chi connectivity index (χ4n) is 4.48. The predicted molar refractivity (Wildman–Crippen MR) is 133 cm³/mol. The molecule has 1 aliphatic rings. The molecule has 3 aromatic rings. The lowest BCUT2D eigenvalue weighted by Crippen LogP contribution is -2.35. The van der Waals surface area contributed by atoms with E-state index < -0.39 is 0 Å². The number of carbonyl (C=O) groups excluding carboxylic acids is 1. The second-order valence-corrected chi connectivity index (χ2v) is 9.57. The molecular weight excluding hydrogens is 416 g/mol. The van der Waals surface area contributed by atoms with E-state index in [2.05, 4.69) is 48.3 Å². The van der Waals surface area contributed by atoms with Gasteiger partial charge in [0.15, 0.2) is 0 Å². The number of thiophene rings is 1. The zero-order valence-corrected chi connectivity index (χ0v) is 20.0. The maximum Gasteiger partial charge on any atom is 0.256 e. The van der Waals surface area contributed by atoms with Gasteiger partial charge in [-0.25, -0.2) is 0 Å². The lowest BCUT2D eigenvalue weighted by molar-refractivity contribution is 0.102. The topological polar surface area (TPSA) is 41.6 Å². The van der Waals surface area contributed by atoms with E-state index in [9.17, 15) is 4.79 Å². The molecule has 0 spiro atoms. The van der Waals surface area contributed by atoms with Crippen LogP contribution >= 0.6 is 11.3 Å². The SMILES string of the molecule is CCOc1ccc([C@H](c2c(NC(=O)c3ccccc3)sc(C)c2C)N2CCCCC2)cc1. The standard InChI is InChI=1S/C27H32N2O2S/c1-4-31-23-15-13-21(14-16-23)25(29-17-9-6-10-18-29)24-19(2)20(3)32-27(24)28-26(30)22-11-7-5-8-12-22/h5,7-8,11-16,25H,4,6,9-10,17-18H2,1-3H3,(H,28,30)/t25-/m1/s1. The molecule has 1 aromatic heterocycles. The van der Waals surface area contributed by atoms with Gasteiger partial charge in [-0.3, -0.25) is 9.69 Å². The summed E-state index contributed by atoms with van der Waals surface area (Å²) in [5.74, 6) is 0.835. The number of carbonyl (C=O) groups is 1. The quantitative estimate of drug-likeness (QED) is 0.443. The smallest absolute Gasteiger partial charge is 0.256 e. The normalized spacial score (nSPS) is 15.3. The Hall–Kier alpha value is -2.63. The van der Waals surface area contributed by atoms with Gasteiger partial charge in [0.05, 0.1) is 12.6 Å². The third kappa shape index (κ3) is 4.89. The number of hydrogen-bond acceptors (Lipinski definition) is 4. The number of likely N-dealkylation sites (tertiary alicyclic amines) is 1. The lowest BCUT2D eigenvalue weighted by atomic mass is 9.93. The third-order valence-corrected chi connectivity index (χ3v) is 7.37. The number of benzene rings is 2. The van der Waals surface area contributed by atoms with Crippen molar-refractivity contribution >= 4 is 22.2 Å². The minimum Gasteiger partial charge on any atom is -0.494 e. The number of rotatable bonds is 7. The van der Waals surface area contributed by atoms with E-state index in [0.717, 1.165) is 23.8 Å². The zero-order valence-electron chi connectivity index (χ0n) is 19.2. The molecule has 0 saturated carbocycles. The van der Waals surface area contributed by atoms with Crippen molar-refractivity contribution in [3.8, 4) is 5.75 Å². The molecule has 168 valence electrons.